The van der Waals surface area contributed by atoms with Crippen LogP contribution in [0, 0.1) is 6.92 Å². The molecule has 0 aliphatic heterocycles. The Labute approximate surface area is 114 Å². The molecule has 20 heavy (non-hydrogen) atoms. The number of amides is 3. The SMILES string of the molecule is Cc1cc(NCC(=O)NC(N)=O)ccc1-n1cnnn1. The molecule has 0 atom stereocenters. The van der Waals surface area contributed by atoms with Crippen LogP contribution >= 0.6 is 0 Å². The predicted octanol–water partition coefficient (Wildman–Crippen LogP) is -0.422. The molecule has 1 aromatic heterocycles. The number of urea groups is 1. The van der Waals surface area contributed by atoms with E-state index in [0.29, 0.717) is 0 Å². The molecule has 9 nitrogen and oxygen atoms in total. The molecule has 0 aliphatic carbocycles. The van der Waals surface area contributed by atoms with E-state index in [1.165, 1.54) is 6.33 Å². The first-order valence-corrected chi connectivity index (χ1v) is 5.73. The number of primary amides is 1. The van der Waals surface area contributed by atoms with Gasteiger partial charge in [-0.3, -0.25) is 10.1 Å². The monoisotopic (exact) mass is 275 g/mol. The van der Waals surface area contributed by atoms with Crippen LogP contribution < -0.4 is 16.4 Å². The predicted molar refractivity (Wildman–Crippen MR) is 70.1 cm³/mol. The molecule has 0 saturated carbocycles. The van der Waals surface area contributed by atoms with Gasteiger partial charge >= 0.3 is 6.03 Å². The Kier molecular flexibility index (Phi) is 3.89. The summed E-state index contributed by atoms with van der Waals surface area (Å²) in [5, 5.41) is 15.8. The first-order chi connectivity index (χ1) is 9.56. The molecule has 0 saturated heterocycles. The van der Waals surface area contributed by atoms with Crippen molar-refractivity contribution in [2.24, 2.45) is 5.73 Å². The Balaban J connectivity index is 2.03. The number of anilines is 1. The number of nitrogens with zero attached hydrogens (tertiary/aromatic N) is 4. The van der Waals surface area contributed by atoms with Crippen LogP contribution in [0.25, 0.3) is 5.69 Å². The van der Waals surface area contributed by atoms with Crippen LogP contribution in [0.2, 0.25) is 0 Å². The van der Waals surface area contributed by atoms with Crippen LogP contribution in [0.3, 0.4) is 0 Å². The van der Waals surface area contributed by atoms with Crippen molar-refractivity contribution >= 4 is 17.6 Å². The average Bonchev–Trinajstić information content (AvgIpc) is 2.89. The summed E-state index contributed by atoms with van der Waals surface area (Å²) in [6, 6.07) is 4.57. The largest absolute Gasteiger partial charge is 0.376 e. The van der Waals surface area contributed by atoms with Crippen LogP contribution in [-0.4, -0.2) is 38.7 Å². The van der Waals surface area contributed by atoms with E-state index in [0.717, 1.165) is 16.9 Å². The standard InChI is InChI=1S/C11H13N7O2/c1-7-4-8(13-5-10(19)15-11(12)20)2-3-9(7)18-6-14-16-17-18/h2-4,6,13H,5H2,1H3,(H3,12,15,19,20). The fraction of sp³-hybridized carbons (Fsp3) is 0.182. The van der Waals surface area contributed by atoms with Crippen molar-refractivity contribution in [3.05, 3.63) is 30.1 Å². The summed E-state index contributed by atoms with van der Waals surface area (Å²) in [6.07, 6.45) is 1.50. The smallest absolute Gasteiger partial charge is 0.318 e. The molecule has 4 N–H and O–H groups in total. The zero-order valence-corrected chi connectivity index (χ0v) is 10.7. The van der Waals surface area contributed by atoms with Crippen LogP contribution in [0.15, 0.2) is 24.5 Å². The van der Waals surface area contributed by atoms with Crippen molar-refractivity contribution in [2.75, 3.05) is 11.9 Å². The number of tetrazole rings is 1. The number of aromatic nitrogens is 4. The maximum Gasteiger partial charge on any atom is 0.318 e. The quantitative estimate of drug-likeness (QED) is 0.695. The van der Waals surface area contributed by atoms with Crippen LogP contribution in [-0.2, 0) is 4.79 Å². The van der Waals surface area contributed by atoms with E-state index in [9.17, 15) is 9.59 Å². The number of carbonyl (C=O) groups excluding carboxylic acids is 2. The zero-order valence-electron chi connectivity index (χ0n) is 10.7. The first kappa shape index (κ1) is 13.5. The molecule has 1 heterocycles. The van der Waals surface area contributed by atoms with Crippen molar-refractivity contribution in [3.8, 4) is 5.69 Å². The van der Waals surface area contributed by atoms with Gasteiger partial charge in [0, 0.05) is 5.69 Å². The minimum atomic E-state index is -0.873. The number of nitrogens with two attached hydrogens (primary N) is 1. The fourth-order valence-electron chi connectivity index (χ4n) is 1.66. The fourth-order valence-corrected chi connectivity index (χ4v) is 1.66. The van der Waals surface area contributed by atoms with Crippen LogP contribution in [0.5, 0.6) is 0 Å². The molecule has 2 aromatic rings. The second kappa shape index (κ2) is 5.78. The van der Waals surface area contributed by atoms with Crippen LogP contribution in [0.4, 0.5) is 10.5 Å². The molecule has 3 amide bonds. The van der Waals surface area contributed by atoms with Gasteiger partial charge in [-0.05, 0) is 41.1 Å². The van der Waals surface area contributed by atoms with Gasteiger partial charge in [-0.25, -0.2) is 9.48 Å². The maximum atomic E-state index is 11.3. The topological polar surface area (TPSA) is 128 Å². The van der Waals surface area contributed by atoms with Crippen molar-refractivity contribution in [2.45, 2.75) is 6.92 Å². The highest BCUT2D eigenvalue weighted by molar-refractivity contribution is 5.95. The highest BCUT2D eigenvalue weighted by Gasteiger charge is 2.06. The molecule has 2 rings (SSSR count). The third kappa shape index (κ3) is 3.28. The summed E-state index contributed by atoms with van der Waals surface area (Å²) in [4.78, 5) is 21.8. The number of hydrogen-bond acceptors (Lipinski definition) is 6. The van der Waals surface area contributed by atoms with Gasteiger partial charge in [0.2, 0.25) is 5.91 Å². The Morgan fingerprint density at radius 2 is 2.20 bits per heavy atom. The van der Waals surface area contributed by atoms with Crippen LogP contribution in [0.1, 0.15) is 5.56 Å². The van der Waals surface area contributed by atoms with Gasteiger partial charge in [-0.1, -0.05) is 0 Å². The lowest BCUT2D eigenvalue weighted by Gasteiger charge is -2.09. The van der Waals surface area contributed by atoms with Gasteiger partial charge in [0.1, 0.15) is 6.33 Å². The van der Waals surface area contributed by atoms with Crippen molar-refractivity contribution in [3.63, 3.8) is 0 Å². The highest BCUT2D eigenvalue weighted by atomic mass is 16.2. The van der Waals surface area contributed by atoms with Crippen molar-refractivity contribution in [1.29, 1.82) is 0 Å². The van der Waals surface area contributed by atoms with E-state index in [-0.39, 0.29) is 6.54 Å². The van der Waals surface area contributed by atoms with Gasteiger partial charge in [-0.15, -0.1) is 5.10 Å². The lowest BCUT2D eigenvalue weighted by molar-refractivity contribution is -0.118. The first-order valence-electron chi connectivity index (χ1n) is 5.73. The number of imide groups is 1. The number of benzene rings is 1. The summed E-state index contributed by atoms with van der Waals surface area (Å²) >= 11 is 0. The minimum Gasteiger partial charge on any atom is -0.376 e. The van der Waals surface area contributed by atoms with Gasteiger partial charge in [0.05, 0.1) is 12.2 Å². The number of nitrogens with one attached hydrogen (secondary N) is 2. The minimum absolute atomic E-state index is 0.0490. The molecule has 0 aliphatic rings. The van der Waals surface area contributed by atoms with Crippen molar-refractivity contribution < 1.29 is 9.59 Å². The summed E-state index contributed by atoms with van der Waals surface area (Å²) in [6.45, 7) is 1.85. The molecule has 1 aromatic carbocycles. The molecule has 9 heteroatoms. The molecule has 0 fully saturated rings. The number of carbonyl (C=O) groups is 2. The molecular weight excluding hydrogens is 262 g/mol. The number of aryl methyl sites for hydroxylation is 1. The lowest BCUT2D eigenvalue weighted by Crippen LogP contribution is -2.38. The Bertz CT molecular complexity index is 624. The second-order valence-corrected chi connectivity index (χ2v) is 4.02. The number of rotatable bonds is 4. The summed E-state index contributed by atoms with van der Waals surface area (Å²) < 4.78 is 1.54. The molecular formula is C11H13N7O2. The summed E-state index contributed by atoms with van der Waals surface area (Å²) in [5.74, 6) is -0.500. The highest BCUT2D eigenvalue weighted by Crippen LogP contribution is 2.17. The Morgan fingerprint density at radius 1 is 1.40 bits per heavy atom. The van der Waals surface area contributed by atoms with Gasteiger partial charge in [0.15, 0.2) is 0 Å². The maximum absolute atomic E-state index is 11.3. The van der Waals surface area contributed by atoms with E-state index in [1.807, 2.05) is 24.4 Å². The molecule has 0 spiro atoms. The normalized spacial score (nSPS) is 10.1. The molecule has 0 radical (unpaired) electrons. The third-order valence-electron chi connectivity index (χ3n) is 2.51. The zero-order chi connectivity index (χ0) is 14.5. The molecule has 0 bridgehead atoms. The van der Waals surface area contributed by atoms with Gasteiger partial charge in [0.25, 0.3) is 0 Å². The van der Waals surface area contributed by atoms with E-state index in [1.54, 1.807) is 10.7 Å². The average molecular weight is 275 g/mol. The van der Waals surface area contributed by atoms with E-state index in [4.69, 9.17) is 5.73 Å². The molecule has 104 valence electrons. The van der Waals surface area contributed by atoms with E-state index < -0.39 is 11.9 Å². The molecule has 0 unspecified atom stereocenters. The van der Waals surface area contributed by atoms with Gasteiger partial charge in [-0.2, -0.15) is 0 Å². The third-order valence-corrected chi connectivity index (χ3v) is 2.51. The van der Waals surface area contributed by atoms with E-state index in [2.05, 4.69) is 20.8 Å². The van der Waals surface area contributed by atoms with E-state index >= 15 is 0 Å². The number of hydrogen-bond donors (Lipinski definition) is 3. The Hall–Kier alpha value is -2.97. The second-order valence-electron chi connectivity index (χ2n) is 4.02. The Morgan fingerprint density at radius 3 is 2.80 bits per heavy atom. The van der Waals surface area contributed by atoms with Gasteiger partial charge < -0.3 is 11.1 Å². The summed E-state index contributed by atoms with van der Waals surface area (Å²) in [7, 11) is 0. The van der Waals surface area contributed by atoms with Crippen molar-refractivity contribution in [1.82, 2.24) is 25.5 Å². The lowest BCUT2D eigenvalue weighted by atomic mass is 10.2. The summed E-state index contributed by atoms with van der Waals surface area (Å²) in [5.41, 5.74) is 7.34.